The predicted octanol–water partition coefficient (Wildman–Crippen LogP) is 2.47. The molecule has 2 heterocycles. The van der Waals surface area contributed by atoms with Gasteiger partial charge in [-0.3, -0.25) is 4.90 Å². The summed E-state index contributed by atoms with van der Waals surface area (Å²) >= 11 is 0. The monoisotopic (exact) mass is 334 g/mol. The van der Waals surface area contributed by atoms with Crippen LogP contribution in [0.2, 0.25) is 0 Å². The van der Waals surface area contributed by atoms with Gasteiger partial charge in [0, 0.05) is 45.4 Å². The molecule has 2 fully saturated rings. The number of rotatable bonds is 6. The number of methoxy groups -OCH3 is 1. The third-order valence-electron chi connectivity index (χ3n) is 5.09. The summed E-state index contributed by atoms with van der Waals surface area (Å²) < 4.78 is 16.9. The number of hydrogen-bond acceptors (Lipinski definition) is 5. The zero-order chi connectivity index (χ0) is 16.8. The van der Waals surface area contributed by atoms with E-state index < -0.39 is 0 Å². The summed E-state index contributed by atoms with van der Waals surface area (Å²) in [6, 6.07) is 6.88. The maximum atomic E-state index is 5.81. The molecule has 24 heavy (non-hydrogen) atoms. The first-order valence-electron chi connectivity index (χ1n) is 9.16. The van der Waals surface area contributed by atoms with E-state index in [2.05, 4.69) is 28.4 Å². The second-order valence-corrected chi connectivity index (χ2v) is 6.52. The third kappa shape index (κ3) is 4.02. The molecule has 3 rings (SSSR count). The highest BCUT2D eigenvalue weighted by Gasteiger charge is 2.31. The van der Waals surface area contributed by atoms with E-state index in [1.165, 1.54) is 5.56 Å². The topological polar surface area (TPSA) is 43.0 Å². The van der Waals surface area contributed by atoms with Gasteiger partial charge in [0.2, 0.25) is 0 Å². The number of ether oxygens (including phenoxy) is 3. The zero-order valence-corrected chi connectivity index (χ0v) is 14.9. The van der Waals surface area contributed by atoms with Crippen molar-refractivity contribution in [2.75, 3.05) is 53.1 Å². The van der Waals surface area contributed by atoms with Gasteiger partial charge in [0.25, 0.3) is 0 Å². The van der Waals surface area contributed by atoms with Crippen LogP contribution < -0.4 is 14.8 Å². The van der Waals surface area contributed by atoms with E-state index in [1.54, 1.807) is 7.11 Å². The van der Waals surface area contributed by atoms with Gasteiger partial charge in [-0.2, -0.15) is 0 Å². The van der Waals surface area contributed by atoms with E-state index in [4.69, 9.17) is 14.2 Å². The Kier molecular flexibility index (Phi) is 6.35. The van der Waals surface area contributed by atoms with E-state index in [0.29, 0.717) is 18.6 Å². The SMILES string of the molecule is CCOc1cc([C@@H](C2CCOCC2)N2CCNCC2)ccc1OC. The van der Waals surface area contributed by atoms with Gasteiger partial charge < -0.3 is 19.5 Å². The fraction of sp³-hybridized carbons (Fsp3) is 0.684. The molecule has 1 N–H and O–H groups in total. The smallest absolute Gasteiger partial charge is 0.161 e. The molecule has 5 heteroatoms. The number of nitrogens with one attached hydrogen (secondary N) is 1. The molecule has 0 unspecified atom stereocenters. The van der Waals surface area contributed by atoms with E-state index in [9.17, 15) is 0 Å². The van der Waals surface area contributed by atoms with Gasteiger partial charge in [-0.1, -0.05) is 6.07 Å². The van der Waals surface area contributed by atoms with Crippen molar-refractivity contribution in [2.45, 2.75) is 25.8 Å². The molecule has 2 aliphatic heterocycles. The van der Waals surface area contributed by atoms with Crippen molar-refractivity contribution in [3.63, 3.8) is 0 Å². The van der Waals surface area contributed by atoms with Crippen molar-refractivity contribution >= 4 is 0 Å². The number of nitrogens with zero attached hydrogens (tertiary/aromatic N) is 1. The second kappa shape index (κ2) is 8.70. The molecule has 0 spiro atoms. The highest BCUT2D eigenvalue weighted by atomic mass is 16.5. The van der Waals surface area contributed by atoms with E-state index in [1.807, 2.05) is 6.92 Å². The lowest BCUT2D eigenvalue weighted by Gasteiger charge is -2.41. The lowest BCUT2D eigenvalue weighted by molar-refractivity contribution is 0.0212. The minimum atomic E-state index is 0.432. The molecule has 0 radical (unpaired) electrons. The van der Waals surface area contributed by atoms with Crippen LogP contribution in [-0.4, -0.2) is 58.0 Å². The molecule has 134 valence electrons. The highest BCUT2D eigenvalue weighted by Crippen LogP contribution is 2.39. The van der Waals surface area contributed by atoms with Crippen LogP contribution in [0.1, 0.15) is 31.4 Å². The summed E-state index contributed by atoms with van der Waals surface area (Å²) in [6.07, 6.45) is 2.26. The Labute approximate surface area is 145 Å². The van der Waals surface area contributed by atoms with Gasteiger partial charge in [0.1, 0.15) is 0 Å². The van der Waals surface area contributed by atoms with Gasteiger partial charge in [0.05, 0.1) is 13.7 Å². The molecule has 1 aromatic carbocycles. The van der Waals surface area contributed by atoms with Crippen molar-refractivity contribution < 1.29 is 14.2 Å². The van der Waals surface area contributed by atoms with Gasteiger partial charge in [0.15, 0.2) is 11.5 Å². The highest BCUT2D eigenvalue weighted by molar-refractivity contribution is 5.44. The minimum Gasteiger partial charge on any atom is -0.493 e. The standard InChI is InChI=1S/C19H30N2O3/c1-3-24-18-14-16(4-5-17(18)22-2)19(15-6-12-23-13-7-15)21-10-8-20-9-11-21/h4-5,14-15,19-20H,3,6-13H2,1-2H3/t19-/m1/s1. The van der Waals surface area contributed by atoms with Gasteiger partial charge in [-0.25, -0.2) is 0 Å². The van der Waals surface area contributed by atoms with Crippen molar-refractivity contribution in [3.8, 4) is 11.5 Å². The summed E-state index contributed by atoms with van der Waals surface area (Å²) in [4.78, 5) is 2.63. The minimum absolute atomic E-state index is 0.432. The van der Waals surface area contributed by atoms with Crippen molar-refractivity contribution in [3.05, 3.63) is 23.8 Å². The molecule has 1 atom stereocenters. The Morgan fingerprint density at radius 1 is 1.21 bits per heavy atom. The average Bonchev–Trinajstić information content (AvgIpc) is 2.64. The largest absolute Gasteiger partial charge is 0.493 e. The molecule has 0 amide bonds. The third-order valence-corrected chi connectivity index (χ3v) is 5.09. The van der Waals surface area contributed by atoms with Crippen LogP contribution in [0.5, 0.6) is 11.5 Å². The maximum Gasteiger partial charge on any atom is 0.161 e. The molecule has 2 saturated heterocycles. The van der Waals surface area contributed by atoms with E-state index in [0.717, 1.165) is 63.7 Å². The molecule has 2 aliphatic rings. The molecule has 0 bridgehead atoms. The van der Waals surface area contributed by atoms with Crippen LogP contribution >= 0.6 is 0 Å². The van der Waals surface area contributed by atoms with Crippen LogP contribution in [0, 0.1) is 5.92 Å². The molecular weight excluding hydrogens is 304 g/mol. The fourth-order valence-corrected chi connectivity index (χ4v) is 3.92. The van der Waals surface area contributed by atoms with Gasteiger partial charge in [-0.15, -0.1) is 0 Å². The first kappa shape index (κ1) is 17.5. The summed E-state index contributed by atoms with van der Waals surface area (Å²) in [5.41, 5.74) is 1.34. The Morgan fingerprint density at radius 2 is 1.96 bits per heavy atom. The summed E-state index contributed by atoms with van der Waals surface area (Å²) in [5.74, 6) is 2.30. The summed E-state index contributed by atoms with van der Waals surface area (Å²) in [5, 5.41) is 3.46. The quantitative estimate of drug-likeness (QED) is 0.866. The normalized spacial score (nSPS) is 21.4. The Balaban J connectivity index is 1.89. The Bertz CT molecular complexity index is 493. The molecule has 1 aromatic rings. The van der Waals surface area contributed by atoms with Crippen LogP contribution in [0.4, 0.5) is 0 Å². The number of piperazine rings is 1. The van der Waals surface area contributed by atoms with Crippen LogP contribution in [0.3, 0.4) is 0 Å². The average molecular weight is 334 g/mol. The Morgan fingerprint density at radius 3 is 2.62 bits per heavy atom. The second-order valence-electron chi connectivity index (χ2n) is 6.52. The van der Waals surface area contributed by atoms with Crippen LogP contribution in [0.25, 0.3) is 0 Å². The molecule has 0 aromatic heterocycles. The summed E-state index contributed by atoms with van der Waals surface area (Å²) in [7, 11) is 1.70. The lowest BCUT2D eigenvalue weighted by Crippen LogP contribution is -2.47. The summed E-state index contributed by atoms with van der Waals surface area (Å²) in [6.45, 7) is 8.73. The van der Waals surface area contributed by atoms with Gasteiger partial charge >= 0.3 is 0 Å². The van der Waals surface area contributed by atoms with Gasteiger partial charge in [-0.05, 0) is 43.4 Å². The van der Waals surface area contributed by atoms with Crippen molar-refractivity contribution in [1.82, 2.24) is 10.2 Å². The Hall–Kier alpha value is -1.30. The molecule has 0 aliphatic carbocycles. The van der Waals surface area contributed by atoms with E-state index in [-0.39, 0.29) is 0 Å². The maximum absolute atomic E-state index is 5.81. The lowest BCUT2D eigenvalue weighted by atomic mass is 9.85. The number of hydrogen-bond donors (Lipinski definition) is 1. The molecule has 0 saturated carbocycles. The van der Waals surface area contributed by atoms with E-state index >= 15 is 0 Å². The number of benzene rings is 1. The molecule has 5 nitrogen and oxygen atoms in total. The first-order chi connectivity index (χ1) is 11.8. The molecular formula is C19H30N2O3. The van der Waals surface area contributed by atoms with Crippen molar-refractivity contribution in [1.29, 1.82) is 0 Å². The van der Waals surface area contributed by atoms with Crippen LogP contribution in [0.15, 0.2) is 18.2 Å². The first-order valence-corrected chi connectivity index (χ1v) is 9.16. The fourth-order valence-electron chi connectivity index (χ4n) is 3.92. The predicted molar refractivity (Wildman–Crippen MR) is 94.9 cm³/mol. The zero-order valence-electron chi connectivity index (χ0n) is 14.9. The van der Waals surface area contributed by atoms with Crippen LogP contribution in [-0.2, 0) is 4.74 Å². The van der Waals surface area contributed by atoms with Crippen molar-refractivity contribution in [2.24, 2.45) is 5.92 Å².